The van der Waals surface area contributed by atoms with Gasteiger partial charge in [0.1, 0.15) is 28.8 Å². The third-order valence-corrected chi connectivity index (χ3v) is 8.90. The van der Waals surface area contributed by atoms with E-state index in [9.17, 15) is 9.59 Å². The van der Waals surface area contributed by atoms with Crippen LogP contribution in [0.3, 0.4) is 0 Å². The molecule has 1 saturated heterocycles. The highest BCUT2D eigenvalue weighted by Gasteiger charge is 2.70. The highest BCUT2D eigenvalue weighted by atomic mass is 19.1. The molecule has 0 radical (unpaired) electrons. The number of carbonyl (C=O) groups excluding carboxylic acids is 3. The summed E-state index contributed by atoms with van der Waals surface area (Å²) in [4.78, 5) is 46.0. The summed E-state index contributed by atoms with van der Waals surface area (Å²) in [5, 5.41) is 2.99. The van der Waals surface area contributed by atoms with Gasteiger partial charge in [0.2, 0.25) is 5.91 Å². The van der Waals surface area contributed by atoms with Gasteiger partial charge in [-0.1, -0.05) is 60.7 Å². The fourth-order valence-electron chi connectivity index (χ4n) is 7.11. The van der Waals surface area contributed by atoms with Gasteiger partial charge in [0, 0.05) is 11.4 Å². The Labute approximate surface area is 247 Å². The van der Waals surface area contributed by atoms with Crippen LogP contribution in [0.1, 0.15) is 31.8 Å². The zero-order chi connectivity index (χ0) is 29.9. The predicted octanol–water partition coefficient (Wildman–Crippen LogP) is 5.70. The lowest BCUT2D eigenvalue weighted by Crippen LogP contribution is -2.51. The molecule has 4 atom stereocenters. The molecule has 7 nitrogen and oxygen atoms in total. The van der Waals surface area contributed by atoms with Crippen LogP contribution in [-0.4, -0.2) is 43.8 Å². The minimum Gasteiger partial charge on any atom is -0.497 e. The molecule has 7 rings (SSSR count). The van der Waals surface area contributed by atoms with E-state index >= 15 is 9.18 Å². The average molecular weight is 575 g/mol. The molecule has 0 unspecified atom stereocenters. The molecule has 3 aliphatic rings. The van der Waals surface area contributed by atoms with Gasteiger partial charge in [0.25, 0.3) is 0 Å². The van der Waals surface area contributed by atoms with E-state index in [1.165, 1.54) is 32.4 Å². The number of ether oxygens (including phenoxy) is 2. The largest absolute Gasteiger partial charge is 0.497 e. The molecular formula is C35H27FN2O5. The topological polar surface area (TPSA) is 84.9 Å². The third-order valence-electron chi connectivity index (χ3n) is 8.90. The van der Waals surface area contributed by atoms with Crippen molar-refractivity contribution in [2.45, 2.75) is 17.5 Å². The van der Waals surface area contributed by atoms with E-state index in [0.717, 1.165) is 5.56 Å². The van der Waals surface area contributed by atoms with Crippen LogP contribution in [0.5, 0.6) is 11.5 Å². The van der Waals surface area contributed by atoms with Gasteiger partial charge in [-0.15, -0.1) is 0 Å². The molecule has 0 aromatic heterocycles. The van der Waals surface area contributed by atoms with Crippen molar-refractivity contribution < 1.29 is 28.2 Å². The fraction of sp³-hybridized carbons (Fsp3) is 0.171. The number of hydrogen-bond donors (Lipinski definition) is 1. The number of anilines is 2. The minimum absolute atomic E-state index is 0.155. The van der Waals surface area contributed by atoms with Crippen molar-refractivity contribution in [2.75, 3.05) is 24.4 Å². The van der Waals surface area contributed by atoms with Crippen LogP contribution in [0.4, 0.5) is 15.8 Å². The van der Waals surface area contributed by atoms with Crippen molar-refractivity contribution in [3.8, 4) is 11.5 Å². The van der Waals surface area contributed by atoms with E-state index < -0.39 is 46.7 Å². The lowest BCUT2D eigenvalue weighted by Gasteiger charge is -2.37. The van der Waals surface area contributed by atoms with Gasteiger partial charge in [-0.3, -0.25) is 14.4 Å². The summed E-state index contributed by atoms with van der Waals surface area (Å²) in [6.07, 6.45) is 3.79. The number of benzene rings is 4. The maximum Gasteiger partial charge on any atom is 0.238 e. The van der Waals surface area contributed by atoms with Crippen molar-refractivity contribution in [1.82, 2.24) is 0 Å². The Morgan fingerprint density at radius 3 is 2.40 bits per heavy atom. The summed E-state index contributed by atoms with van der Waals surface area (Å²) in [6, 6.07) is 23.3. The van der Waals surface area contributed by atoms with Crippen molar-refractivity contribution >= 4 is 34.9 Å². The number of ketones is 2. The van der Waals surface area contributed by atoms with E-state index in [-0.39, 0.29) is 16.9 Å². The maximum atomic E-state index is 15.3. The van der Waals surface area contributed by atoms with Crippen LogP contribution in [0, 0.1) is 11.7 Å². The van der Waals surface area contributed by atoms with Gasteiger partial charge >= 0.3 is 0 Å². The minimum atomic E-state index is -1.53. The summed E-state index contributed by atoms with van der Waals surface area (Å²) in [5.41, 5.74) is 1.13. The Hall–Kier alpha value is -5.24. The second-order valence-electron chi connectivity index (χ2n) is 10.8. The van der Waals surface area contributed by atoms with Crippen molar-refractivity contribution in [3.05, 3.63) is 125 Å². The highest BCUT2D eigenvalue weighted by Crippen LogP contribution is 2.58. The molecule has 4 aromatic rings. The molecule has 3 aliphatic heterocycles. The number of nitrogens with zero attached hydrogens (tertiary/aromatic N) is 1. The summed E-state index contributed by atoms with van der Waals surface area (Å²) in [5.74, 6) is -2.79. The number of halogens is 1. The van der Waals surface area contributed by atoms with Gasteiger partial charge in [-0.25, -0.2) is 4.39 Å². The average Bonchev–Trinajstić information content (AvgIpc) is 3.52. The fourth-order valence-corrected chi connectivity index (χ4v) is 7.11. The molecule has 0 aliphatic carbocycles. The molecule has 0 saturated carbocycles. The van der Waals surface area contributed by atoms with Crippen LogP contribution in [0.2, 0.25) is 0 Å². The van der Waals surface area contributed by atoms with Crippen LogP contribution < -0.4 is 19.7 Å². The first-order valence-corrected chi connectivity index (χ1v) is 13.9. The lowest BCUT2D eigenvalue weighted by atomic mass is 9.64. The van der Waals surface area contributed by atoms with E-state index in [1.807, 2.05) is 53.5 Å². The van der Waals surface area contributed by atoms with Crippen LogP contribution in [0.15, 0.2) is 97.1 Å². The number of carbonyl (C=O) groups is 3. The normalized spacial score (nSPS) is 22.9. The summed E-state index contributed by atoms with van der Waals surface area (Å²) >= 11 is 0. The highest BCUT2D eigenvalue weighted by molar-refractivity contribution is 6.19. The number of rotatable bonds is 6. The van der Waals surface area contributed by atoms with E-state index in [4.69, 9.17) is 9.47 Å². The van der Waals surface area contributed by atoms with Crippen molar-refractivity contribution in [3.63, 3.8) is 0 Å². The van der Waals surface area contributed by atoms with Gasteiger partial charge in [-0.05, 0) is 53.6 Å². The van der Waals surface area contributed by atoms with Crippen LogP contribution in [-0.2, 0) is 10.2 Å². The van der Waals surface area contributed by atoms with Gasteiger partial charge in [0.05, 0.1) is 37.3 Å². The van der Waals surface area contributed by atoms with Gasteiger partial charge in [-0.2, -0.15) is 0 Å². The second kappa shape index (κ2) is 9.94. The van der Waals surface area contributed by atoms with Crippen molar-refractivity contribution in [2.24, 2.45) is 5.92 Å². The van der Waals surface area contributed by atoms with Crippen LogP contribution >= 0.6 is 0 Å². The van der Waals surface area contributed by atoms with Crippen LogP contribution in [0.25, 0.3) is 6.08 Å². The molecule has 43 heavy (non-hydrogen) atoms. The quantitative estimate of drug-likeness (QED) is 0.298. The zero-order valence-electron chi connectivity index (χ0n) is 23.4. The SMILES string of the molecule is COc1ccc(OC)c(C(=O)[C@@H]2[C@H](C(=O)c3ccccc3F)N3c4ccccc4C=C[C@@H]3[C@]23C(=O)Nc2ccccc23)c1. The smallest absolute Gasteiger partial charge is 0.238 e. The Kier molecular flexibility index (Phi) is 6.16. The van der Waals surface area contributed by atoms with E-state index in [0.29, 0.717) is 22.7 Å². The molecule has 8 heteroatoms. The maximum absolute atomic E-state index is 15.3. The van der Waals surface area contributed by atoms with Gasteiger partial charge < -0.3 is 19.7 Å². The summed E-state index contributed by atoms with van der Waals surface area (Å²) in [7, 11) is 2.94. The molecule has 1 N–H and O–H groups in total. The van der Waals surface area contributed by atoms with E-state index in [1.54, 1.807) is 36.4 Å². The first kappa shape index (κ1) is 26.6. The number of Topliss-reactive ketones (excluding diaryl/α,β-unsaturated/α-hetero) is 2. The summed E-state index contributed by atoms with van der Waals surface area (Å²) in [6.45, 7) is 0. The van der Waals surface area contributed by atoms with Gasteiger partial charge in [0.15, 0.2) is 11.6 Å². The molecule has 1 spiro atoms. The second-order valence-corrected chi connectivity index (χ2v) is 10.8. The number of para-hydroxylation sites is 2. The van der Waals surface area contributed by atoms with Crippen molar-refractivity contribution in [1.29, 1.82) is 0 Å². The number of hydrogen-bond acceptors (Lipinski definition) is 6. The number of methoxy groups -OCH3 is 2. The first-order valence-electron chi connectivity index (χ1n) is 13.9. The molecular weight excluding hydrogens is 547 g/mol. The Bertz CT molecular complexity index is 1850. The lowest BCUT2D eigenvalue weighted by molar-refractivity contribution is -0.121. The Balaban J connectivity index is 1.56. The van der Waals surface area contributed by atoms with E-state index in [2.05, 4.69) is 5.32 Å². The molecule has 1 amide bonds. The molecule has 4 aromatic carbocycles. The summed E-state index contributed by atoms with van der Waals surface area (Å²) < 4.78 is 26.3. The number of amides is 1. The number of nitrogens with one attached hydrogen (secondary N) is 1. The third kappa shape index (κ3) is 3.69. The monoisotopic (exact) mass is 574 g/mol. The Morgan fingerprint density at radius 2 is 1.60 bits per heavy atom. The zero-order valence-corrected chi connectivity index (χ0v) is 23.4. The predicted molar refractivity (Wildman–Crippen MR) is 160 cm³/mol. The standard InChI is InChI=1S/C35H27FN2O5/c1-42-21-16-17-28(43-2)23(19-21)32(39)30-31(33(40)22-10-4-6-12-25(22)36)38-27-14-8-3-9-20(27)15-18-29(38)35(30)24-11-5-7-13-26(24)37-34(35)41/h3-19,29-31H,1-2H3,(H,37,41)/t29-,30+,31-,35+/m1/s1. The molecule has 1 fully saturated rings. The molecule has 0 bridgehead atoms. The first-order chi connectivity index (χ1) is 20.9. The number of fused-ring (bicyclic) bond motifs is 6. The molecule has 3 heterocycles. The molecule has 214 valence electrons. The Morgan fingerprint density at radius 1 is 0.860 bits per heavy atom.